The zero-order valence-corrected chi connectivity index (χ0v) is 8.50. The number of hydrogen-bond acceptors (Lipinski definition) is 3. The van der Waals surface area contributed by atoms with Gasteiger partial charge in [-0.1, -0.05) is 12.2 Å². The molecule has 0 bridgehead atoms. The van der Waals surface area contributed by atoms with Crippen LogP contribution in [0.2, 0.25) is 0 Å². The van der Waals surface area contributed by atoms with Crippen molar-refractivity contribution in [1.29, 1.82) is 0 Å². The van der Waals surface area contributed by atoms with Crippen LogP contribution in [-0.2, 0) is 0 Å². The molecule has 0 saturated heterocycles. The van der Waals surface area contributed by atoms with Crippen molar-refractivity contribution in [1.82, 2.24) is 10.5 Å². The fourth-order valence-corrected chi connectivity index (χ4v) is 1.30. The van der Waals surface area contributed by atoms with Gasteiger partial charge in [0.05, 0.1) is 5.69 Å². The number of pyridine rings is 1. The number of anilines is 1. The highest BCUT2D eigenvalue weighted by molar-refractivity contribution is 5.62. The highest BCUT2D eigenvalue weighted by Gasteiger charge is 2.08. The Balaban J connectivity index is 3.02. The first-order chi connectivity index (χ1) is 7.33. The average molecular weight is 201 g/mol. The average Bonchev–Trinajstić information content (AvgIpc) is 2.29. The van der Waals surface area contributed by atoms with E-state index < -0.39 is 0 Å². The molecular formula is C11H13N4. The Labute approximate surface area is 89.5 Å². The van der Waals surface area contributed by atoms with Gasteiger partial charge in [-0.2, -0.15) is 0 Å². The summed E-state index contributed by atoms with van der Waals surface area (Å²) in [6.45, 7) is 8.65. The molecular weight excluding hydrogens is 188 g/mol. The first-order valence-corrected chi connectivity index (χ1v) is 4.60. The molecule has 0 aliphatic rings. The van der Waals surface area contributed by atoms with E-state index in [-0.39, 0.29) is 0 Å². The van der Waals surface area contributed by atoms with Crippen molar-refractivity contribution in [2.24, 2.45) is 5.11 Å². The predicted octanol–water partition coefficient (Wildman–Crippen LogP) is 2.14. The lowest BCUT2D eigenvalue weighted by Crippen LogP contribution is -2.23. The van der Waals surface area contributed by atoms with E-state index in [0.717, 1.165) is 5.69 Å². The van der Waals surface area contributed by atoms with E-state index in [2.05, 4.69) is 23.3 Å². The third kappa shape index (κ3) is 2.74. The van der Waals surface area contributed by atoms with Crippen LogP contribution in [0.5, 0.6) is 0 Å². The minimum Gasteiger partial charge on any atom is -0.361 e. The molecule has 1 aromatic rings. The molecule has 0 aliphatic heterocycles. The Hall–Kier alpha value is -1.97. The first-order valence-electron chi connectivity index (χ1n) is 4.60. The van der Waals surface area contributed by atoms with Crippen molar-refractivity contribution >= 4 is 11.5 Å². The molecule has 0 unspecified atom stereocenters. The third-order valence-electron chi connectivity index (χ3n) is 1.90. The van der Waals surface area contributed by atoms with Gasteiger partial charge in [0.1, 0.15) is 0 Å². The maximum Gasteiger partial charge on any atom is 0.199 e. The van der Waals surface area contributed by atoms with Gasteiger partial charge in [0.15, 0.2) is 5.82 Å². The summed E-state index contributed by atoms with van der Waals surface area (Å²) in [5.41, 5.74) is 9.55. The summed E-state index contributed by atoms with van der Waals surface area (Å²) >= 11 is 0. The lowest BCUT2D eigenvalue weighted by molar-refractivity contribution is 0.945. The number of nitrogens with zero attached hydrogens (tertiary/aromatic N) is 4. The smallest absolute Gasteiger partial charge is 0.199 e. The van der Waals surface area contributed by atoms with Crippen LogP contribution in [0.25, 0.3) is 0 Å². The van der Waals surface area contributed by atoms with Crippen LogP contribution in [0.3, 0.4) is 0 Å². The molecule has 0 aromatic carbocycles. The summed E-state index contributed by atoms with van der Waals surface area (Å²) < 4.78 is 0. The summed E-state index contributed by atoms with van der Waals surface area (Å²) in [5, 5.41) is 3.13. The monoisotopic (exact) mass is 201 g/mol. The molecule has 0 spiro atoms. The molecule has 0 saturated carbocycles. The van der Waals surface area contributed by atoms with E-state index in [9.17, 15) is 0 Å². The molecule has 1 heterocycles. The Morgan fingerprint density at radius 1 is 1.40 bits per heavy atom. The first kappa shape index (κ1) is 11.1. The molecule has 1 rings (SSSR count). The maximum absolute atomic E-state index is 8.79. The van der Waals surface area contributed by atoms with Crippen LogP contribution < -0.4 is 10.4 Å². The van der Waals surface area contributed by atoms with Crippen LogP contribution in [-0.4, -0.2) is 18.1 Å². The zero-order chi connectivity index (χ0) is 11.1. The van der Waals surface area contributed by atoms with Gasteiger partial charge in [-0.3, -0.25) is 0 Å². The van der Waals surface area contributed by atoms with Gasteiger partial charge in [0.2, 0.25) is 0 Å². The fraction of sp³-hybridized carbons (Fsp3) is 0.182. The van der Waals surface area contributed by atoms with Gasteiger partial charge in [0.25, 0.3) is 0 Å². The summed E-state index contributed by atoms with van der Waals surface area (Å²) in [7, 11) is 0. The zero-order valence-electron chi connectivity index (χ0n) is 8.50. The minimum atomic E-state index is 0.307. The van der Waals surface area contributed by atoms with Crippen molar-refractivity contribution in [2.45, 2.75) is 0 Å². The van der Waals surface area contributed by atoms with E-state index in [1.54, 1.807) is 24.4 Å². The molecule has 4 heteroatoms. The second kappa shape index (κ2) is 5.70. The van der Waals surface area contributed by atoms with Crippen LogP contribution >= 0.6 is 0 Å². The lowest BCUT2D eigenvalue weighted by atomic mass is 10.3. The van der Waals surface area contributed by atoms with Crippen molar-refractivity contribution in [3.63, 3.8) is 0 Å². The lowest BCUT2D eigenvalue weighted by Gasteiger charge is -2.21. The predicted molar refractivity (Wildman–Crippen MR) is 61.1 cm³/mol. The summed E-state index contributed by atoms with van der Waals surface area (Å²) in [6, 6.07) is 3.64. The van der Waals surface area contributed by atoms with E-state index in [1.165, 1.54) is 0 Å². The van der Waals surface area contributed by atoms with Crippen LogP contribution in [0, 0.1) is 0 Å². The molecule has 0 atom stereocenters. The largest absolute Gasteiger partial charge is 0.361 e. The van der Waals surface area contributed by atoms with Crippen LogP contribution in [0.4, 0.5) is 11.5 Å². The quantitative estimate of drug-likeness (QED) is 0.523. The van der Waals surface area contributed by atoms with Gasteiger partial charge in [0, 0.05) is 19.3 Å². The van der Waals surface area contributed by atoms with Crippen molar-refractivity contribution in [3.05, 3.63) is 43.6 Å². The Morgan fingerprint density at radius 3 is 2.60 bits per heavy atom. The van der Waals surface area contributed by atoms with E-state index in [4.69, 9.17) is 5.53 Å². The van der Waals surface area contributed by atoms with Crippen LogP contribution in [0.1, 0.15) is 0 Å². The van der Waals surface area contributed by atoms with Gasteiger partial charge in [-0.15, -0.1) is 18.3 Å². The van der Waals surface area contributed by atoms with Crippen molar-refractivity contribution < 1.29 is 0 Å². The number of rotatable bonds is 6. The normalized spacial score (nSPS) is 9.33. The highest BCUT2D eigenvalue weighted by Crippen LogP contribution is 2.24. The molecule has 0 aliphatic carbocycles. The standard InChI is InChI=1S/C11H13N4/c1-3-8-15(9-4-2)10-6-5-7-13-11(10)14-12/h3-7H,1-2,8-9H2. The van der Waals surface area contributed by atoms with Crippen molar-refractivity contribution in [3.8, 4) is 0 Å². The molecule has 15 heavy (non-hydrogen) atoms. The molecule has 1 aromatic heterocycles. The summed E-state index contributed by atoms with van der Waals surface area (Å²) in [5.74, 6) is 0.307. The van der Waals surface area contributed by atoms with Crippen LogP contribution in [0.15, 0.2) is 48.8 Å². The topological polar surface area (TPSA) is 50.8 Å². The minimum absolute atomic E-state index is 0.307. The molecule has 0 amide bonds. The molecule has 0 fully saturated rings. The van der Waals surface area contributed by atoms with Gasteiger partial charge in [-0.25, -0.2) is 4.98 Å². The van der Waals surface area contributed by atoms with Gasteiger partial charge >= 0.3 is 0 Å². The second-order valence-corrected chi connectivity index (χ2v) is 2.93. The number of hydrogen-bond donors (Lipinski definition) is 0. The summed E-state index contributed by atoms with van der Waals surface area (Å²) in [4.78, 5) is 5.92. The van der Waals surface area contributed by atoms with E-state index in [1.807, 2.05) is 11.0 Å². The SMILES string of the molecule is C=CCN(CC=C)c1cccnc1N=[N]. The van der Waals surface area contributed by atoms with E-state index >= 15 is 0 Å². The Morgan fingerprint density at radius 2 is 2.07 bits per heavy atom. The molecule has 77 valence electrons. The summed E-state index contributed by atoms with van der Waals surface area (Å²) in [6.07, 6.45) is 5.13. The van der Waals surface area contributed by atoms with Crippen molar-refractivity contribution in [2.75, 3.05) is 18.0 Å². The number of aromatic nitrogens is 1. The van der Waals surface area contributed by atoms with Gasteiger partial charge < -0.3 is 4.90 Å². The molecule has 4 nitrogen and oxygen atoms in total. The van der Waals surface area contributed by atoms with Gasteiger partial charge in [-0.05, 0) is 17.7 Å². The maximum atomic E-state index is 8.79. The Kier molecular flexibility index (Phi) is 4.22. The fourth-order valence-electron chi connectivity index (χ4n) is 1.30. The van der Waals surface area contributed by atoms with E-state index in [0.29, 0.717) is 18.9 Å². The highest BCUT2D eigenvalue weighted by atomic mass is 15.2. The Bertz CT molecular complexity index is 349. The third-order valence-corrected chi connectivity index (χ3v) is 1.90. The molecule has 1 radical (unpaired) electrons. The second-order valence-electron chi connectivity index (χ2n) is 2.93. The molecule has 0 N–H and O–H groups in total.